The summed E-state index contributed by atoms with van der Waals surface area (Å²) in [5, 5.41) is 23.4. The lowest BCUT2D eigenvalue weighted by atomic mass is 9.69. The molecule has 0 radical (unpaired) electrons. The molecule has 0 bridgehead atoms. The molecule has 2 aromatic rings. The summed E-state index contributed by atoms with van der Waals surface area (Å²) in [7, 11) is 0.491. The van der Waals surface area contributed by atoms with Crippen molar-refractivity contribution in [2.45, 2.75) is 143 Å². The lowest BCUT2D eigenvalue weighted by Gasteiger charge is -2.40. The Hall–Kier alpha value is -1.37. The molecule has 0 spiro atoms. The molecule has 2 aromatic carbocycles. The Morgan fingerprint density at radius 3 is 2.03 bits per heavy atom. The maximum Gasteiger partial charge on any atom is 0.123 e. The Morgan fingerprint density at radius 1 is 0.842 bits per heavy atom. The first-order valence-corrected chi connectivity index (χ1v) is 16.2. The van der Waals surface area contributed by atoms with E-state index >= 15 is 0 Å². The average molecular weight is 541 g/mol. The van der Waals surface area contributed by atoms with Crippen LogP contribution in [0, 0.1) is 5.92 Å². The van der Waals surface area contributed by atoms with Crippen LogP contribution in [-0.2, 0) is 22.6 Å². The van der Waals surface area contributed by atoms with Gasteiger partial charge in [-0.15, -0.1) is 0 Å². The van der Waals surface area contributed by atoms with Crippen LogP contribution in [0.3, 0.4) is 0 Å². The summed E-state index contributed by atoms with van der Waals surface area (Å²) in [6, 6.07) is 13.0. The topological polar surface area (TPSA) is 40.5 Å². The van der Waals surface area contributed by atoms with Gasteiger partial charge in [0.2, 0.25) is 0 Å². The number of phenolic OH excluding ortho intramolecular Hbond substituents is 1. The Morgan fingerprint density at radius 2 is 1.45 bits per heavy atom. The van der Waals surface area contributed by atoms with Gasteiger partial charge in [-0.2, -0.15) is 0 Å². The first kappa shape index (κ1) is 32.8. The summed E-state index contributed by atoms with van der Waals surface area (Å²) < 4.78 is 0. The smallest absolute Gasteiger partial charge is 0.123 e. The van der Waals surface area contributed by atoms with E-state index in [-0.39, 0.29) is 22.6 Å². The highest BCUT2D eigenvalue weighted by Gasteiger charge is 2.39. The van der Waals surface area contributed by atoms with Crippen LogP contribution in [0.25, 0.3) is 0 Å². The molecular formula is C35H57O2P. The molecule has 0 heterocycles. The molecule has 2 nitrogen and oxygen atoms in total. The SMILES string of the molecule is CCCCCC(C)C(C)(C)c1cc(C(C)(C)C)cc(C(CC)(CCCCC)Pc2ccccc2CO)c1O. The van der Waals surface area contributed by atoms with Crippen molar-refractivity contribution in [1.82, 2.24) is 0 Å². The van der Waals surface area contributed by atoms with Gasteiger partial charge in [-0.25, -0.2) is 0 Å². The fourth-order valence-electron chi connectivity index (χ4n) is 5.69. The van der Waals surface area contributed by atoms with Gasteiger partial charge in [-0.3, -0.25) is 0 Å². The molecule has 0 aliphatic rings. The number of hydrogen-bond donors (Lipinski definition) is 2. The van der Waals surface area contributed by atoms with Gasteiger partial charge in [0.15, 0.2) is 0 Å². The molecule has 0 aliphatic carbocycles. The fraction of sp³-hybridized carbons (Fsp3) is 0.657. The summed E-state index contributed by atoms with van der Waals surface area (Å²) in [6.07, 6.45) is 10.4. The zero-order valence-corrected chi connectivity index (χ0v) is 27.0. The van der Waals surface area contributed by atoms with Gasteiger partial charge in [0.25, 0.3) is 0 Å². The van der Waals surface area contributed by atoms with Crippen LogP contribution >= 0.6 is 8.58 Å². The lowest BCUT2D eigenvalue weighted by molar-refractivity contribution is 0.283. The van der Waals surface area contributed by atoms with Crippen molar-refractivity contribution in [2.75, 3.05) is 0 Å². The van der Waals surface area contributed by atoms with E-state index in [0.29, 0.717) is 20.2 Å². The molecule has 0 saturated carbocycles. The third kappa shape index (κ3) is 7.85. The second-order valence-electron chi connectivity index (χ2n) is 13.1. The Labute approximate surface area is 236 Å². The summed E-state index contributed by atoms with van der Waals surface area (Å²) in [5.41, 5.74) is 4.39. The highest BCUT2D eigenvalue weighted by Crippen LogP contribution is 2.54. The largest absolute Gasteiger partial charge is 0.507 e. The quantitative estimate of drug-likeness (QED) is 0.174. The molecule has 0 fully saturated rings. The van der Waals surface area contributed by atoms with Gasteiger partial charge in [-0.1, -0.05) is 146 Å². The highest BCUT2D eigenvalue weighted by atomic mass is 31.1. The summed E-state index contributed by atoms with van der Waals surface area (Å²) >= 11 is 0. The van der Waals surface area contributed by atoms with Crippen molar-refractivity contribution in [3.63, 3.8) is 0 Å². The molecule has 0 aromatic heterocycles. The first-order valence-electron chi connectivity index (χ1n) is 15.2. The van der Waals surface area contributed by atoms with E-state index in [2.05, 4.69) is 86.6 Å². The number of benzene rings is 2. The predicted octanol–water partition coefficient (Wildman–Crippen LogP) is 9.87. The van der Waals surface area contributed by atoms with Gasteiger partial charge >= 0.3 is 0 Å². The van der Waals surface area contributed by atoms with E-state index in [9.17, 15) is 10.2 Å². The van der Waals surface area contributed by atoms with E-state index in [0.717, 1.165) is 36.0 Å². The van der Waals surface area contributed by atoms with Gasteiger partial charge in [0.1, 0.15) is 5.75 Å². The zero-order chi connectivity index (χ0) is 28.6. The normalized spacial score (nSPS) is 15.2. The Bertz CT molecular complexity index is 1000. The minimum Gasteiger partial charge on any atom is -0.507 e. The molecule has 0 aliphatic heterocycles. The third-order valence-electron chi connectivity index (χ3n) is 9.03. The average Bonchev–Trinajstić information content (AvgIpc) is 2.87. The van der Waals surface area contributed by atoms with Crippen molar-refractivity contribution >= 4 is 13.9 Å². The third-order valence-corrected chi connectivity index (χ3v) is 11.1. The van der Waals surface area contributed by atoms with Gasteiger partial charge in [-0.05, 0) is 52.4 Å². The van der Waals surface area contributed by atoms with Gasteiger partial charge in [0.05, 0.1) is 6.61 Å². The molecule has 3 unspecified atom stereocenters. The summed E-state index contributed by atoms with van der Waals surface area (Å²) in [5.74, 6) is 0.981. The molecule has 3 heteroatoms. The van der Waals surface area contributed by atoms with E-state index in [1.165, 1.54) is 49.4 Å². The second-order valence-corrected chi connectivity index (χ2v) is 14.9. The van der Waals surface area contributed by atoms with Crippen molar-refractivity contribution in [3.8, 4) is 5.75 Å². The van der Waals surface area contributed by atoms with Crippen LogP contribution in [0.15, 0.2) is 36.4 Å². The standard InChI is InChI=1S/C35H57O2P/c1-10-13-15-19-26(4)34(8,9)29-23-28(33(5,6)7)24-30(32(29)37)35(12-3,22-18-14-11-2)38-31-21-17-16-20-27(31)25-36/h16-17,20-21,23-24,26,36-38H,10-15,18-19,22,25H2,1-9H3. The van der Waals surface area contributed by atoms with Gasteiger partial charge in [0, 0.05) is 16.3 Å². The van der Waals surface area contributed by atoms with E-state index in [4.69, 9.17) is 0 Å². The van der Waals surface area contributed by atoms with Crippen LogP contribution in [0.2, 0.25) is 0 Å². The summed E-state index contributed by atoms with van der Waals surface area (Å²) in [6.45, 7) is 20.8. The van der Waals surface area contributed by atoms with Crippen molar-refractivity contribution < 1.29 is 10.2 Å². The minimum atomic E-state index is -0.165. The number of rotatable bonds is 15. The molecule has 2 rings (SSSR count). The maximum atomic E-state index is 12.2. The molecule has 214 valence electrons. The lowest BCUT2D eigenvalue weighted by Crippen LogP contribution is -2.30. The number of aliphatic hydroxyl groups is 1. The monoisotopic (exact) mass is 540 g/mol. The first-order chi connectivity index (χ1) is 17.9. The fourth-order valence-corrected chi connectivity index (χ4v) is 7.51. The molecule has 2 N–H and O–H groups in total. The van der Waals surface area contributed by atoms with E-state index in [1.54, 1.807) is 0 Å². The second kappa shape index (κ2) is 14.3. The molecule has 38 heavy (non-hydrogen) atoms. The van der Waals surface area contributed by atoms with Crippen LogP contribution < -0.4 is 5.30 Å². The van der Waals surface area contributed by atoms with Crippen molar-refractivity contribution in [2.24, 2.45) is 5.92 Å². The Kier molecular flexibility index (Phi) is 12.4. The number of hydrogen-bond acceptors (Lipinski definition) is 2. The van der Waals surface area contributed by atoms with E-state index < -0.39 is 0 Å². The molecule has 0 saturated heterocycles. The number of aliphatic hydroxyl groups excluding tert-OH is 1. The van der Waals surface area contributed by atoms with Crippen molar-refractivity contribution in [1.29, 1.82) is 0 Å². The van der Waals surface area contributed by atoms with E-state index in [1.807, 2.05) is 12.1 Å². The zero-order valence-electron chi connectivity index (χ0n) is 26.0. The van der Waals surface area contributed by atoms with Crippen molar-refractivity contribution in [3.05, 3.63) is 58.7 Å². The van der Waals surface area contributed by atoms with Crippen LogP contribution in [0.1, 0.15) is 142 Å². The van der Waals surface area contributed by atoms with Crippen LogP contribution in [0.5, 0.6) is 5.75 Å². The predicted molar refractivity (Wildman–Crippen MR) is 170 cm³/mol. The minimum absolute atomic E-state index is 0.0201. The molecule has 3 atom stereocenters. The number of aromatic hydroxyl groups is 1. The number of phenols is 1. The van der Waals surface area contributed by atoms with Crippen LogP contribution in [0.4, 0.5) is 0 Å². The molecule has 0 amide bonds. The summed E-state index contributed by atoms with van der Waals surface area (Å²) in [4.78, 5) is 0. The van der Waals surface area contributed by atoms with Crippen LogP contribution in [-0.4, -0.2) is 10.2 Å². The Balaban J connectivity index is 2.79. The maximum absolute atomic E-state index is 12.2. The van der Waals surface area contributed by atoms with Gasteiger partial charge < -0.3 is 10.2 Å². The number of unbranched alkanes of at least 4 members (excludes halogenated alkanes) is 4. The molecular weight excluding hydrogens is 483 g/mol. The highest BCUT2D eigenvalue weighted by molar-refractivity contribution is 7.48.